The molecule has 1 heterocycles. The first kappa shape index (κ1) is 28.6. The molecule has 7 nitrogen and oxygen atoms in total. The van der Waals surface area contributed by atoms with Crippen LogP contribution < -0.4 is 11.5 Å². The first-order chi connectivity index (χ1) is 15.2. The minimum atomic E-state index is -0.746. The number of primary amides is 1. The summed E-state index contributed by atoms with van der Waals surface area (Å²) in [7, 11) is 4.90. The number of nitrogens with two attached hydrogens (primary N) is 2. The normalized spacial score (nSPS) is 29.7. The Morgan fingerprint density at radius 3 is 2.06 bits per heavy atom. The Morgan fingerprint density at radius 1 is 1.06 bits per heavy atom. The van der Waals surface area contributed by atoms with Gasteiger partial charge in [0.1, 0.15) is 17.8 Å². The Bertz CT molecular complexity index is 605. The molecule has 0 bridgehead atoms. The lowest BCUT2D eigenvalue weighted by Crippen LogP contribution is -2.50. The van der Waals surface area contributed by atoms with Crippen LogP contribution in [0, 0.1) is 5.92 Å². The monoisotopic (exact) mass is 454 g/mol. The number of hydrogen-bond acceptors (Lipinski definition) is 6. The third-order valence-electron chi connectivity index (χ3n) is 6.27. The number of hydrogen-bond donors (Lipinski definition) is 2. The zero-order valence-corrected chi connectivity index (χ0v) is 21.0. The van der Waals surface area contributed by atoms with Crippen LogP contribution in [0.5, 0.6) is 0 Å². The molecule has 3 rings (SSSR count). The van der Waals surface area contributed by atoms with Crippen molar-refractivity contribution >= 4 is 6.09 Å². The lowest BCUT2D eigenvalue weighted by atomic mass is 9.72. The second-order valence-electron chi connectivity index (χ2n) is 9.32. The average molecular weight is 455 g/mol. The number of rotatable bonds is 5. The SMILES string of the molecule is COC.COC1C(OC(N)=O)CC[C@]2(CO2)C1/C(C)=C/CC=C(C)C.NC1CCCCC1. The van der Waals surface area contributed by atoms with Crippen LogP contribution in [-0.4, -0.2) is 57.9 Å². The molecule has 1 saturated heterocycles. The number of carbonyl (C=O) groups is 1. The van der Waals surface area contributed by atoms with Gasteiger partial charge in [0.15, 0.2) is 0 Å². The van der Waals surface area contributed by atoms with Crippen molar-refractivity contribution in [2.75, 3.05) is 27.9 Å². The molecule has 186 valence electrons. The minimum Gasteiger partial charge on any atom is -0.444 e. The van der Waals surface area contributed by atoms with Gasteiger partial charge in [0.25, 0.3) is 0 Å². The fourth-order valence-corrected chi connectivity index (χ4v) is 4.62. The summed E-state index contributed by atoms with van der Waals surface area (Å²) in [4.78, 5) is 11.1. The van der Waals surface area contributed by atoms with Crippen molar-refractivity contribution in [2.45, 2.75) is 96.0 Å². The van der Waals surface area contributed by atoms with Crippen molar-refractivity contribution in [3.05, 3.63) is 23.3 Å². The number of epoxide rings is 1. The van der Waals surface area contributed by atoms with Crippen LogP contribution in [0.15, 0.2) is 23.3 Å². The van der Waals surface area contributed by atoms with E-state index in [2.05, 4.69) is 37.7 Å². The summed E-state index contributed by atoms with van der Waals surface area (Å²) in [6, 6.07) is 0.536. The van der Waals surface area contributed by atoms with Crippen molar-refractivity contribution in [3.63, 3.8) is 0 Å². The van der Waals surface area contributed by atoms with E-state index in [4.69, 9.17) is 25.7 Å². The molecule has 0 aromatic rings. The quantitative estimate of drug-likeness (QED) is 0.468. The van der Waals surface area contributed by atoms with E-state index in [0.29, 0.717) is 6.04 Å². The minimum absolute atomic E-state index is 0.0983. The Balaban J connectivity index is 0.000000424. The molecule has 7 heteroatoms. The van der Waals surface area contributed by atoms with Crippen LogP contribution in [0.3, 0.4) is 0 Å². The van der Waals surface area contributed by atoms with Crippen molar-refractivity contribution in [3.8, 4) is 0 Å². The van der Waals surface area contributed by atoms with Crippen LogP contribution in [0.1, 0.15) is 72.1 Å². The molecule has 3 unspecified atom stereocenters. The summed E-state index contributed by atoms with van der Waals surface area (Å²) in [5, 5.41) is 0. The molecule has 1 aliphatic heterocycles. The molecule has 2 saturated carbocycles. The number of carbonyl (C=O) groups excluding carboxylic acids is 1. The van der Waals surface area contributed by atoms with Gasteiger partial charge in [-0.3, -0.25) is 0 Å². The van der Waals surface area contributed by atoms with E-state index in [1.165, 1.54) is 43.3 Å². The molecule has 1 amide bonds. The number of allylic oxidation sites excluding steroid dienone is 3. The lowest BCUT2D eigenvalue weighted by Gasteiger charge is -2.40. The van der Waals surface area contributed by atoms with Gasteiger partial charge in [0.05, 0.1) is 6.61 Å². The van der Waals surface area contributed by atoms with Crippen molar-refractivity contribution < 1.29 is 23.7 Å². The van der Waals surface area contributed by atoms with Crippen LogP contribution in [0.4, 0.5) is 4.79 Å². The summed E-state index contributed by atoms with van der Waals surface area (Å²) < 4.78 is 21.0. The molecular formula is C25H46N2O5. The zero-order valence-electron chi connectivity index (χ0n) is 21.0. The van der Waals surface area contributed by atoms with Gasteiger partial charge in [-0.15, -0.1) is 0 Å². The van der Waals surface area contributed by atoms with E-state index in [0.717, 1.165) is 25.9 Å². The predicted octanol–water partition coefficient (Wildman–Crippen LogP) is 4.49. The predicted molar refractivity (Wildman–Crippen MR) is 128 cm³/mol. The van der Waals surface area contributed by atoms with E-state index >= 15 is 0 Å². The standard InChI is InChI=1S/C17H27NO4.C6H13N.C2H6O/c1-11(2)6-5-7-12(3)14-15(20-4)13(22-16(18)19)8-9-17(14)10-21-17;7-6-4-2-1-3-5-6;1-3-2/h6-7,13-15H,5,8-10H2,1-4H3,(H2,18,19);6H,1-5,7H2;1-2H3/b12-7+;;/t13?,14?,15?,17-;;/m0../s1. The summed E-state index contributed by atoms with van der Waals surface area (Å²) in [6.07, 6.45) is 12.3. The highest BCUT2D eigenvalue weighted by atomic mass is 16.6. The topological polar surface area (TPSA) is 109 Å². The van der Waals surface area contributed by atoms with Gasteiger partial charge in [-0.1, -0.05) is 42.6 Å². The molecule has 3 aliphatic rings. The second-order valence-corrected chi connectivity index (χ2v) is 9.32. The Labute approximate surface area is 194 Å². The Hall–Kier alpha value is -1.41. The van der Waals surface area contributed by atoms with E-state index in [1.807, 2.05) is 0 Å². The molecule has 32 heavy (non-hydrogen) atoms. The maximum Gasteiger partial charge on any atom is 0.404 e. The lowest BCUT2D eigenvalue weighted by molar-refractivity contribution is -0.0872. The van der Waals surface area contributed by atoms with Crippen molar-refractivity contribution in [2.24, 2.45) is 17.4 Å². The first-order valence-corrected chi connectivity index (χ1v) is 11.8. The Kier molecular flexibility index (Phi) is 13.1. The van der Waals surface area contributed by atoms with Crippen LogP contribution in [-0.2, 0) is 18.9 Å². The van der Waals surface area contributed by atoms with Crippen LogP contribution >= 0.6 is 0 Å². The molecule has 0 aromatic carbocycles. The highest BCUT2D eigenvalue weighted by Crippen LogP contribution is 2.50. The van der Waals surface area contributed by atoms with Gasteiger partial charge < -0.3 is 30.4 Å². The summed E-state index contributed by atoms with van der Waals surface area (Å²) in [5.41, 5.74) is 13.2. The molecule has 4 N–H and O–H groups in total. The van der Waals surface area contributed by atoms with Gasteiger partial charge in [0.2, 0.25) is 0 Å². The van der Waals surface area contributed by atoms with E-state index in [-0.39, 0.29) is 23.7 Å². The molecule has 3 fully saturated rings. The molecule has 2 aliphatic carbocycles. The summed E-state index contributed by atoms with van der Waals surface area (Å²) >= 11 is 0. The summed E-state index contributed by atoms with van der Waals surface area (Å²) in [6.45, 7) is 7.02. The third kappa shape index (κ3) is 9.61. The number of ether oxygens (including phenoxy) is 4. The Morgan fingerprint density at radius 2 is 1.66 bits per heavy atom. The smallest absolute Gasteiger partial charge is 0.404 e. The average Bonchev–Trinajstić information content (AvgIpc) is 3.50. The maximum absolute atomic E-state index is 11.1. The van der Waals surface area contributed by atoms with E-state index in [1.54, 1.807) is 21.3 Å². The largest absolute Gasteiger partial charge is 0.444 e. The molecule has 0 radical (unpaired) electrons. The van der Waals surface area contributed by atoms with Gasteiger partial charge >= 0.3 is 6.09 Å². The van der Waals surface area contributed by atoms with Crippen LogP contribution in [0.2, 0.25) is 0 Å². The van der Waals surface area contributed by atoms with Gasteiger partial charge in [-0.05, 0) is 52.9 Å². The highest BCUT2D eigenvalue weighted by molar-refractivity contribution is 5.64. The van der Waals surface area contributed by atoms with Crippen molar-refractivity contribution in [1.82, 2.24) is 0 Å². The molecular weight excluding hydrogens is 408 g/mol. The van der Waals surface area contributed by atoms with Crippen LogP contribution in [0.25, 0.3) is 0 Å². The fourth-order valence-electron chi connectivity index (χ4n) is 4.62. The van der Waals surface area contributed by atoms with Crippen molar-refractivity contribution in [1.29, 1.82) is 0 Å². The van der Waals surface area contributed by atoms with Gasteiger partial charge in [-0.25, -0.2) is 4.79 Å². The molecule has 0 aromatic heterocycles. The third-order valence-corrected chi connectivity index (χ3v) is 6.27. The van der Waals surface area contributed by atoms with Gasteiger partial charge in [0, 0.05) is 33.3 Å². The summed E-state index contributed by atoms with van der Waals surface area (Å²) in [5.74, 6) is 0.0983. The van der Waals surface area contributed by atoms with E-state index < -0.39 is 6.09 Å². The first-order valence-electron chi connectivity index (χ1n) is 11.8. The van der Waals surface area contributed by atoms with Gasteiger partial charge in [-0.2, -0.15) is 0 Å². The van der Waals surface area contributed by atoms with E-state index in [9.17, 15) is 4.79 Å². The molecule has 1 spiro atoms. The highest BCUT2D eigenvalue weighted by Gasteiger charge is 2.59. The number of methoxy groups -OCH3 is 2. The maximum atomic E-state index is 11.1. The second kappa shape index (κ2) is 14.7. The number of amides is 1. The molecule has 4 atom stereocenters. The zero-order chi connectivity index (χ0) is 24.1. The fraction of sp³-hybridized carbons (Fsp3) is 0.800.